The standard InChI is InChI=1S/C18H10BrFN2O5/c19-13-7-15-14(26-8-27-15)6-9(13)5-12-16(23)21-18(25)22(17(12)24)11-3-1-10(20)2-4-11/h1-7H,8H2,(H,21,23,25)/b12-5-. The quantitative estimate of drug-likeness (QED) is 0.582. The zero-order valence-electron chi connectivity index (χ0n) is 13.5. The van der Waals surface area contributed by atoms with Crippen molar-refractivity contribution in [3.63, 3.8) is 0 Å². The maximum atomic E-state index is 13.1. The number of anilines is 1. The molecule has 0 bridgehead atoms. The summed E-state index contributed by atoms with van der Waals surface area (Å²) in [6, 6.07) is 7.14. The van der Waals surface area contributed by atoms with Gasteiger partial charge in [-0.1, -0.05) is 15.9 Å². The number of nitrogens with one attached hydrogen (secondary N) is 1. The second-order valence-electron chi connectivity index (χ2n) is 5.66. The van der Waals surface area contributed by atoms with E-state index in [1.165, 1.54) is 18.2 Å². The molecule has 0 saturated carbocycles. The van der Waals surface area contributed by atoms with Crippen LogP contribution in [0.1, 0.15) is 5.56 Å². The van der Waals surface area contributed by atoms with Gasteiger partial charge in [-0.05, 0) is 48.0 Å². The number of fused-ring (bicyclic) bond motifs is 1. The maximum absolute atomic E-state index is 13.1. The normalized spacial score (nSPS) is 17.5. The smallest absolute Gasteiger partial charge is 0.335 e. The van der Waals surface area contributed by atoms with Crippen LogP contribution in [0.2, 0.25) is 0 Å². The van der Waals surface area contributed by atoms with Gasteiger partial charge < -0.3 is 9.47 Å². The minimum absolute atomic E-state index is 0.0774. The highest BCUT2D eigenvalue weighted by atomic mass is 79.9. The first kappa shape index (κ1) is 17.2. The maximum Gasteiger partial charge on any atom is 0.335 e. The number of benzene rings is 2. The van der Waals surface area contributed by atoms with E-state index in [9.17, 15) is 18.8 Å². The highest BCUT2D eigenvalue weighted by Crippen LogP contribution is 2.38. The Bertz CT molecular complexity index is 1020. The molecule has 2 aromatic carbocycles. The summed E-state index contributed by atoms with van der Waals surface area (Å²) in [5.74, 6) is -1.15. The van der Waals surface area contributed by atoms with E-state index in [2.05, 4.69) is 21.2 Å². The van der Waals surface area contributed by atoms with Crippen LogP contribution in [0.3, 0.4) is 0 Å². The van der Waals surface area contributed by atoms with E-state index in [-0.39, 0.29) is 18.1 Å². The number of amides is 4. The summed E-state index contributed by atoms with van der Waals surface area (Å²) >= 11 is 3.35. The third-order valence-corrected chi connectivity index (χ3v) is 4.66. The highest BCUT2D eigenvalue weighted by molar-refractivity contribution is 9.10. The van der Waals surface area contributed by atoms with Gasteiger partial charge in [0.1, 0.15) is 11.4 Å². The monoisotopic (exact) mass is 432 g/mol. The van der Waals surface area contributed by atoms with Crippen molar-refractivity contribution in [2.24, 2.45) is 0 Å². The SMILES string of the molecule is O=C1NC(=O)N(c2ccc(F)cc2)C(=O)/C1=C\c1cc2c(cc1Br)OCO2. The van der Waals surface area contributed by atoms with Crippen LogP contribution in [0.4, 0.5) is 14.9 Å². The summed E-state index contributed by atoms with van der Waals surface area (Å²) in [6.45, 7) is 0.0774. The summed E-state index contributed by atoms with van der Waals surface area (Å²) in [5, 5.41) is 2.11. The van der Waals surface area contributed by atoms with Crippen LogP contribution < -0.4 is 19.7 Å². The fourth-order valence-corrected chi connectivity index (χ4v) is 3.12. The lowest BCUT2D eigenvalue weighted by molar-refractivity contribution is -0.122. The molecule has 1 N–H and O–H groups in total. The number of carbonyl (C=O) groups excluding carboxylic acids is 3. The van der Waals surface area contributed by atoms with Gasteiger partial charge in [0, 0.05) is 4.47 Å². The van der Waals surface area contributed by atoms with E-state index in [0.717, 1.165) is 17.0 Å². The summed E-state index contributed by atoms with van der Waals surface area (Å²) in [7, 11) is 0. The minimum Gasteiger partial charge on any atom is -0.454 e. The predicted molar refractivity (Wildman–Crippen MR) is 95.7 cm³/mol. The molecule has 4 amide bonds. The molecule has 7 nitrogen and oxygen atoms in total. The molecule has 1 fully saturated rings. The molecule has 0 atom stereocenters. The molecule has 2 aliphatic heterocycles. The lowest BCUT2D eigenvalue weighted by atomic mass is 10.1. The number of hydrogen-bond donors (Lipinski definition) is 1. The van der Waals surface area contributed by atoms with Crippen molar-refractivity contribution in [2.45, 2.75) is 0 Å². The van der Waals surface area contributed by atoms with Crippen molar-refractivity contribution in [1.29, 1.82) is 0 Å². The molecule has 0 aliphatic carbocycles. The molecule has 0 spiro atoms. The van der Waals surface area contributed by atoms with Gasteiger partial charge in [-0.2, -0.15) is 0 Å². The van der Waals surface area contributed by atoms with Gasteiger partial charge in [0.25, 0.3) is 11.8 Å². The molecule has 0 unspecified atom stereocenters. The second kappa shape index (κ2) is 6.51. The first-order valence-electron chi connectivity index (χ1n) is 7.70. The first-order chi connectivity index (χ1) is 12.9. The number of barbiturate groups is 1. The van der Waals surface area contributed by atoms with Crippen molar-refractivity contribution >= 4 is 45.5 Å². The molecule has 9 heteroatoms. The fraction of sp³-hybridized carbons (Fsp3) is 0.0556. The molecule has 4 rings (SSSR count). The average molecular weight is 433 g/mol. The number of nitrogens with zero attached hydrogens (tertiary/aromatic N) is 1. The van der Waals surface area contributed by atoms with E-state index in [0.29, 0.717) is 21.5 Å². The number of hydrogen-bond acceptors (Lipinski definition) is 5. The van der Waals surface area contributed by atoms with E-state index in [1.807, 2.05) is 0 Å². The summed E-state index contributed by atoms with van der Waals surface area (Å²) in [6.07, 6.45) is 1.34. The average Bonchev–Trinajstić information content (AvgIpc) is 3.07. The number of imide groups is 2. The predicted octanol–water partition coefficient (Wildman–Crippen LogP) is 2.98. The van der Waals surface area contributed by atoms with Crippen LogP contribution in [0.15, 0.2) is 46.4 Å². The molecule has 136 valence electrons. The molecule has 0 aromatic heterocycles. The number of halogens is 2. The third-order valence-electron chi connectivity index (χ3n) is 3.98. The highest BCUT2D eigenvalue weighted by Gasteiger charge is 2.37. The zero-order chi connectivity index (χ0) is 19.1. The van der Waals surface area contributed by atoms with Crippen LogP contribution in [0.5, 0.6) is 11.5 Å². The van der Waals surface area contributed by atoms with Crippen molar-refractivity contribution in [3.05, 3.63) is 57.8 Å². The third kappa shape index (κ3) is 3.06. The molecule has 1 saturated heterocycles. The van der Waals surface area contributed by atoms with Crippen LogP contribution >= 0.6 is 15.9 Å². The topological polar surface area (TPSA) is 84.9 Å². The minimum atomic E-state index is -0.904. The van der Waals surface area contributed by atoms with Crippen molar-refractivity contribution < 1.29 is 28.2 Å². The van der Waals surface area contributed by atoms with E-state index in [4.69, 9.17) is 9.47 Å². The molecular weight excluding hydrogens is 423 g/mol. The Morgan fingerprint density at radius 3 is 2.44 bits per heavy atom. The summed E-state index contributed by atoms with van der Waals surface area (Å²) in [4.78, 5) is 37.9. The van der Waals surface area contributed by atoms with Gasteiger partial charge in [0.15, 0.2) is 11.5 Å². The Balaban J connectivity index is 1.75. The van der Waals surface area contributed by atoms with Crippen LogP contribution in [-0.2, 0) is 9.59 Å². The molecular formula is C18H10BrFN2O5. The van der Waals surface area contributed by atoms with Gasteiger partial charge in [0.2, 0.25) is 6.79 Å². The Morgan fingerprint density at radius 1 is 1.07 bits per heavy atom. The molecule has 0 radical (unpaired) electrons. The van der Waals surface area contributed by atoms with Gasteiger partial charge in [-0.25, -0.2) is 14.1 Å². The van der Waals surface area contributed by atoms with Crippen molar-refractivity contribution in [2.75, 3.05) is 11.7 Å². The first-order valence-corrected chi connectivity index (χ1v) is 8.49. The van der Waals surface area contributed by atoms with Gasteiger partial charge in [-0.3, -0.25) is 14.9 Å². The van der Waals surface area contributed by atoms with Gasteiger partial charge in [0.05, 0.1) is 5.69 Å². The van der Waals surface area contributed by atoms with Crippen molar-refractivity contribution in [3.8, 4) is 11.5 Å². The van der Waals surface area contributed by atoms with Crippen LogP contribution in [0, 0.1) is 5.82 Å². The zero-order valence-corrected chi connectivity index (χ0v) is 15.1. The Labute approximate surface area is 160 Å². The van der Waals surface area contributed by atoms with Gasteiger partial charge in [-0.15, -0.1) is 0 Å². The van der Waals surface area contributed by atoms with Crippen molar-refractivity contribution in [1.82, 2.24) is 5.32 Å². The number of ether oxygens (including phenoxy) is 2. The number of carbonyl (C=O) groups is 3. The molecule has 2 aromatic rings. The lowest BCUT2D eigenvalue weighted by Crippen LogP contribution is -2.54. The molecule has 2 heterocycles. The van der Waals surface area contributed by atoms with Crippen LogP contribution in [0.25, 0.3) is 6.08 Å². The number of rotatable bonds is 2. The summed E-state index contributed by atoms with van der Waals surface area (Å²) < 4.78 is 24.3. The lowest BCUT2D eigenvalue weighted by Gasteiger charge is -2.26. The summed E-state index contributed by atoms with van der Waals surface area (Å²) in [5.41, 5.74) is 0.381. The van der Waals surface area contributed by atoms with E-state index < -0.39 is 23.7 Å². The fourth-order valence-electron chi connectivity index (χ4n) is 2.68. The Kier molecular flexibility index (Phi) is 4.15. The number of urea groups is 1. The van der Waals surface area contributed by atoms with E-state index in [1.54, 1.807) is 12.1 Å². The largest absolute Gasteiger partial charge is 0.454 e. The van der Waals surface area contributed by atoms with E-state index >= 15 is 0 Å². The second-order valence-corrected chi connectivity index (χ2v) is 6.52. The molecule has 2 aliphatic rings. The van der Waals surface area contributed by atoms with Gasteiger partial charge >= 0.3 is 6.03 Å². The Morgan fingerprint density at radius 2 is 1.74 bits per heavy atom. The molecule has 27 heavy (non-hydrogen) atoms. The Hall–Kier alpha value is -3.20. The van der Waals surface area contributed by atoms with Crippen LogP contribution in [-0.4, -0.2) is 24.6 Å².